The standard InChI is InChI=1S/C22H12ClF5N2O3/c23-11-3-6-13-14(7-11)21(31)30(12-4-1-10(2-5-12)22(26,27)28)29-19(13)15-8-16-20(33-9-32-16)18(25)17(15)24/h1-8,21,31H,9H2. The summed E-state index contributed by atoms with van der Waals surface area (Å²) in [4.78, 5) is 0. The molecule has 1 unspecified atom stereocenters. The molecule has 3 aromatic carbocycles. The molecule has 5 nitrogen and oxygen atoms in total. The molecule has 0 aromatic heterocycles. The van der Waals surface area contributed by atoms with Crippen LogP contribution in [0.25, 0.3) is 0 Å². The summed E-state index contributed by atoms with van der Waals surface area (Å²) in [6.45, 7) is -0.287. The maximum Gasteiger partial charge on any atom is 0.416 e. The minimum Gasteiger partial charge on any atom is -0.453 e. The summed E-state index contributed by atoms with van der Waals surface area (Å²) in [7, 11) is 0. The summed E-state index contributed by atoms with van der Waals surface area (Å²) in [6, 6.07) is 9.45. The van der Waals surface area contributed by atoms with E-state index in [4.69, 9.17) is 21.1 Å². The highest BCUT2D eigenvalue weighted by atomic mass is 35.5. The maximum atomic E-state index is 15.0. The van der Waals surface area contributed by atoms with E-state index in [1.807, 2.05) is 0 Å². The molecule has 1 atom stereocenters. The molecule has 33 heavy (non-hydrogen) atoms. The number of aliphatic hydroxyl groups excluding tert-OH is 1. The highest BCUT2D eigenvalue weighted by Crippen LogP contribution is 2.41. The molecule has 0 aliphatic carbocycles. The largest absolute Gasteiger partial charge is 0.453 e. The number of hydrogen-bond acceptors (Lipinski definition) is 5. The summed E-state index contributed by atoms with van der Waals surface area (Å²) in [5.41, 5.74) is -0.725. The zero-order chi connectivity index (χ0) is 23.5. The molecule has 170 valence electrons. The molecule has 2 aliphatic rings. The van der Waals surface area contributed by atoms with Gasteiger partial charge in [0.15, 0.2) is 17.8 Å². The summed E-state index contributed by atoms with van der Waals surface area (Å²) in [5, 5.41) is 16.4. The summed E-state index contributed by atoms with van der Waals surface area (Å²) < 4.78 is 78.6. The number of halogens is 6. The number of hydrogen-bond donors (Lipinski definition) is 1. The van der Waals surface area contributed by atoms with Gasteiger partial charge in [-0.25, -0.2) is 9.40 Å². The van der Waals surface area contributed by atoms with E-state index >= 15 is 4.39 Å². The van der Waals surface area contributed by atoms with Crippen molar-refractivity contribution >= 4 is 23.0 Å². The second-order valence-corrected chi connectivity index (χ2v) is 7.67. The minimum atomic E-state index is -4.55. The molecule has 5 rings (SSSR count). The normalized spacial score (nSPS) is 17.1. The molecule has 0 saturated heterocycles. The number of anilines is 1. The Hall–Kier alpha value is -3.37. The first kappa shape index (κ1) is 21.5. The van der Waals surface area contributed by atoms with Gasteiger partial charge in [0.1, 0.15) is 5.71 Å². The smallest absolute Gasteiger partial charge is 0.416 e. The van der Waals surface area contributed by atoms with E-state index in [1.165, 1.54) is 24.3 Å². The number of ether oxygens (including phenoxy) is 2. The first-order valence-electron chi connectivity index (χ1n) is 9.46. The Kier molecular flexibility index (Phi) is 4.95. The van der Waals surface area contributed by atoms with Crippen LogP contribution in [0.3, 0.4) is 0 Å². The fourth-order valence-electron chi connectivity index (χ4n) is 3.66. The van der Waals surface area contributed by atoms with Crippen LogP contribution in [-0.2, 0) is 6.18 Å². The number of alkyl halides is 3. The molecule has 3 aromatic rings. The highest BCUT2D eigenvalue weighted by molar-refractivity contribution is 6.31. The van der Waals surface area contributed by atoms with E-state index in [9.17, 15) is 22.7 Å². The third kappa shape index (κ3) is 3.55. The van der Waals surface area contributed by atoms with Gasteiger partial charge in [-0.15, -0.1) is 0 Å². The quantitative estimate of drug-likeness (QED) is 0.481. The zero-order valence-corrected chi connectivity index (χ0v) is 17.1. The first-order valence-corrected chi connectivity index (χ1v) is 9.84. The Morgan fingerprint density at radius 1 is 0.970 bits per heavy atom. The number of nitrogens with zero attached hydrogens (tertiary/aromatic N) is 2. The molecule has 2 aliphatic heterocycles. The summed E-state index contributed by atoms with van der Waals surface area (Å²) in [6.07, 6.45) is -6.01. The van der Waals surface area contributed by atoms with E-state index in [1.54, 1.807) is 0 Å². The third-order valence-electron chi connectivity index (χ3n) is 5.25. The van der Waals surface area contributed by atoms with Crippen molar-refractivity contribution in [1.82, 2.24) is 0 Å². The minimum absolute atomic E-state index is 0.0330. The van der Waals surface area contributed by atoms with Gasteiger partial charge < -0.3 is 14.6 Å². The van der Waals surface area contributed by atoms with E-state index in [0.717, 1.165) is 29.3 Å². The predicted octanol–water partition coefficient (Wildman–Crippen LogP) is 5.63. The number of hydrazone groups is 1. The summed E-state index contributed by atoms with van der Waals surface area (Å²) in [5.74, 6) is -2.94. The van der Waals surface area contributed by atoms with Crippen LogP contribution in [0.15, 0.2) is 53.6 Å². The fraction of sp³-hybridized carbons (Fsp3) is 0.136. The lowest BCUT2D eigenvalue weighted by molar-refractivity contribution is -0.137. The third-order valence-corrected chi connectivity index (χ3v) is 5.48. The van der Waals surface area contributed by atoms with E-state index in [-0.39, 0.29) is 51.4 Å². The zero-order valence-electron chi connectivity index (χ0n) is 16.3. The highest BCUT2D eigenvalue weighted by Gasteiger charge is 2.35. The lowest BCUT2D eigenvalue weighted by Crippen LogP contribution is -2.32. The van der Waals surface area contributed by atoms with Crippen LogP contribution in [0.5, 0.6) is 11.5 Å². The van der Waals surface area contributed by atoms with Crippen molar-refractivity contribution < 1.29 is 36.5 Å². The number of aliphatic hydroxyl groups is 1. The monoisotopic (exact) mass is 482 g/mol. The molecule has 0 radical (unpaired) electrons. The first-order chi connectivity index (χ1) is 15.6. The number of benzene rings is 3. The fourth-order valence-corrected chi connectivity index (χ4v) is 3.84. The number of fused-ring (bicyclic) bond motifs is 2. The average Bonchev–Trinajstić information content (AvgIpc) is 3.25. The van der Waals surface area contributed by atoms with Gasteiger partial charge in [-0.2, -0.15) is 22.7 Å². The van der Waals surface area contributed by atoms with E-state index in [2.05, 4.69) is 5.10 Å². The van der Waals surface area contributed by atoms with Crippen molar-refractivity contribution in [2.75, 3.05) is 11.8 Å². The lowest BCUT2D eigenvalue weighted by Gasteiger charge is -2.32. The Morgan fingerprint density at radius 2 is 1.70 bits per heavy atom. The van der Waals surface area contributed by atoms with E-state index in [0.29, 0.717) is 0 Å². The summed E-state index contributed by atoms with van der Waals surface area (Å²) >= 11 is 6.07. The van der Waals surface area contributed by atoms with Gasteiger partial charge in [0, 0.05) is 21.7 Å². The molecule has 11 heteroatoms. The second kappa shape index (κ2) is 7.60. The molecule has 0 fully saturated rings. The Bertz CT molecular complexity index is 1290. The predicted molar refractivity (Wildman–Crippen MR) is 108 cm³/mol. The van der Waals surface area contributed by atoms with E-state index < -0.39 is 29.6 Å². The molecule has 2 heterocycles. The van der Waals surface area contributed by atoms with Crippen LogP contribution < -0.4 is 14.5 Å². The maximum absolute atomic E-state index is 15.0. The second-order valence-electron chi connectivity index (χ2n) is 7.23. The lowest BCUT2D eigenvalue weighted by atomic mass is 9.94. The molecule has 0 saturated carbocycles. The van der Waals surface area contributed by atoms with Crippen LogP contribution in [0.1, 0.15) is 28.5 Å². The molecule has 0 bridgehead atoms. The molecule has 0 amide bonds. The van der Waals surface area contributed by atoms with Crippen molar-refractivity contribution in [3.63, 3.8) is 0 Å². The van der Waals surface area contributed by atoms with Gasteiger partial charge in [0.05, 0.1) is 11.3 Å². The van der Waals surface area contributed by atoms with Crippen LogP contribution >= 0.6 is 11.6 Å². The Labute approximate surface area is 188 Å². The Morgan fingerprint density at radius 3 is 2.39 bits per heavy atom. The van der Waals surface area contributed by atoms with Gasteiger partial charge in [0.25, 0.3) is 0 Å². The van der Waals surface area contributed by atoms with Crippen molar-refractivity contribution in [2.24, 2.45) is 5.10 Å². The van der Waals surface area contributed by atoms with Gasteiger partial charge in [-0.05, 0) is 42.5 Å². The Balaban J connectivity index is 1.69. The van der Waals surface area contributed by atoms with Gasteiger partial charge in [-0.3, -0.25) is 0 Å². The van der Waals surface area contributed by atoms with Crippen molar-refractivity contribution in [1.29, 1.82) is 0 Å². The number of rotatable bonds is 2. The SMILES string of the molecule is OC1c2cc(Cl)ccc2C(c2cc3c(c(F)c2F)OCO3)=NN1c1ccc(C(F)(F)F)cc1. The molecular weight excluding hydrogens is 471 g/mol. The van der Waals surface area contributed by atoms with Crippen molar-refractivity contribution in [3.05, 3.63) is 87.4 Å². The van der Waals surface area contributed by atoms with Gasteiger partial charge in [-0.1, -0.05) is 17.7 Å². The van der Waals surface area contributed by atoms with Crippen molar-refractivity contribution in [3.8, 4) is 11.5 Å². The van der Waals surface area contributed by atoms with Crippen LogP contribution in [0.2, 0.25) is 5.02 Å². The van der Waals surface area contributed by atoms with Crippen LogP contribution in [-0.4, -0.2) is 17.6 Å². The van der Waals surface area contributed by atoms with Gasteiger partial charge >= 0.3 is 6.18 Å². The molecule has 1 N–H and O–H groups in total. The van der Waals surface area contributed by atoms with Crippen LogP contribution in [0.4, 0.5) is 27.6 Å². The van der Waals surface area contributed by atoms with Gasteiger partial charge in [0.2, 0.25) is 18.4 Å². The molecular formula is C22H12ClF5N2O3. The van der Waals surface area contributed by atoms with Crippen molar-refractivity contribution in [2.45, 2.75) is 12.4 Å². The molecule has 0 spiro atoms. The average molecular weight is 483 g/mol. The van der Waals surface area contributed by atoms with Crippen LogP contribution in [0, 0.1) is 11.6 Å². The topological polar surface area (TPSA) is 54.3 Å².